The molecule has 0 atom stereocenters. The van der Waals surface area contributed by atoms with Gasteiger partial charge in [-0.2, -0.15) is 18.3 Å². The number of alkyl halides is 3. The molecule has 3 aromatic heterocycles. The maximum absolute atomic E-state index is 13.1. The number of nitrogens with one attached hydrogen (secondary N) is 2. The number of thiophene rings is 1. The van der Waals surface area contributed by atoms with Crippen LogP contribution in [0.5, 0.6) is 0 Å². The standard InChI is InChI=1S/C20H18F3N5O2S/c1-19(2,30)10-28-14-4-3-12(20(21,22)23)7-13(14)26-18(28)27-17(29)16-6-5-15(31-16)11-8-24-25-9-11/h3-9,30H,10H2,1-2H3,(H,24,25)(H,26,27,29). The molecule has 0 saturated heterocycles. The van der Waals surface area contributed by atoms with Crippen molar-refractivity contribution < 1.29 is 23.1 Å². The number of aromatic amines is 1. The molecule has 4 aromatic rings. The first-order valence-corrected chi connectivity index (χ1v) is 10.0. The van der Waals surface area contributed by atoms with E-state index in [1.165, 1.54) is 22.0 Å². The summed E-state index contributed by atoms with van der Waals surface area (Å²) in [5.41, 5.74) is -0.755. The number of carbonyl (C=O) groups excluding carboxylic acids is 1. The third-order valence-electron chi connectivity index (χ3n) is 4.46. The molecule has 0 bridgehead atoms. The summed E-state index contributed by atoms with van der Waals surface area (Å²) in [5, 5.41) is 19.5. The van der Waals surface area contributed by atoms with E-state index in [4.69, 9.17) is 0 Å². The lowest BCUT2D eigenvalue weighted by Crippen LogP contribution is -2.27. The number of hydrogen-bond donors (Lipinski definition) is 3. The molecule has 7 nitrogen and oxygen atoms in total. The summed E-state index contributed by atoms with van der Waals surface area (Å²) in [6.45, 7) is 3.14. The minimum absolute atomic E-state index is 0.0230. The molecule has 0 saturated carbocycles. The summed E-state index contributed by atoms with van der Waals surface area (Å²) >= 11 is 1.24. The molecule has 3 heterocycles. The number of H-pyrrole nitrogens is 1. The number of anilines is 1. The zero-order valence-electron chi connectivity index (χ0n) is 16.5. The molecule has 0 aliphatic rings. The summed E-state index contributed by atoms with van der Waals surface area (Å²) < 4.78 is 40.8. The fraction of sp³-hybridized carbons (Fsp3) is 0.250. The Kier molecular flexibility index (Phi) is 5.10. The number of benzene rings is 1. The van der Waals surface area contributed by atoms with Crippen LogP contribution in [-0.4, -0.2) is 36.4 Å². The van der Waals surface area contributed by atoms with Gasteiger partial charge in [-0.05, 0) is 44.2 Å². The second kappa shape index (κ2) is 7.50. The Morgan fingerprint density at radius 3 is 2.68 bits per heavy atom. The highest BCUT2D eigenvalue weighted by Crippen LogP contribution is 2.33. The number of fused-ring (bicyclic) bond motifs is 1. The summed E-state index contributed by atoms with van der Waals surface area (Å²) in [7, 11) is 0. The van der Waals surface area contributed by atoms with Gasteiger partial charge in [0.2, 0.25) is 5.95 Å². The third-order valence-corrected chi connectivity index (χ3v) is 5.59. The molecule has 162 valence electrons. The van der Waals surface area contributed by atoms with Gasteiger partial charge in [0.05, 0.1) is 39.8 Å². The first-order valence-electron chi connectivity index (χ1n) is 9.21. The van der Waals surface area contributed by atoms with Crippen LogP contribution >= 0.6 is 11.3 Å². The van der Waals surface area contributed by atoms with Gasteiger partial charge in [0.15, 0.2) is 0 Å². The average Bonchev–Trinajstić information content (AvgIpc) is 3.39. The van der Waals surface area contributed by atoms with Crippen molar-refractivity contribution in [2.75, 3.05) is 5.32 Å². The van der Waals surface area contributed by atoms with Gasteiger partial charge in [0.25, 0.3) is 5.91 Å². The number of hydrogen-bond acceptors (Lipinski definition) is 5. The zero-order chi connectivity index (χ0) is 22.4. The number of carbonyl (C=O) groups is 1. The average molecular weight is 449 g/mol. The van der Waals surface area contributed by atoms with Crippen molar-refractivity contribution in [1.29, 1.82) is 0 Å². The Hall–Kier alpha value is -3.18. The third kappa shape index (κ3) is 4.47. The highest BCUT2D eigenvalue weighted by molar-refractivity contribution is 7.17. The number of rotatable bonds is 5. The predicted molar refractivity (Wildman–Crippen MR) is 111 cm³/mol. The largest absolute Gasteiger partial charge is 0.416 e. The van der Waals surface area contributed by atoms with E-state index in [9.17, 15) is 23.1 Å². The number of imidazole rings is 1. The van der Waals surface area contributed by atoms with Gasteiger partial charge in [-0.3, -0.25) is 15.2 Å². The maximum Gasteiger partial charge on any atom is 0.416 e. The summed E-state index contributed by atoms with van der Waals surface area (Å²) in [5.74, 6) is -0.400. The van der Waals surface area contributed by atoms with E-state index >= 15 is 0 Å². The van der Waals surface area contributed by atoms with Crippen LogP contribution in [0.15, 0.2) is 42.7 Å². The number of halogens is 3. The smallest absolute Gasteiger partial charge is 0.389 e. The van der Waals surface area contributed by atoms with Gasteiger partial charge in [0, 0.05) is 16.6 Å². The van der Waals surface area contributed by atoms with Gasteiger partial charge < -0.3 is 9.67 Å². The number of amides is 1. The molecule has 0 spiro atoms. The van der Waals surface area contributed by atoms with Crippen molar-refractivity contribution in [2.45, 2.75) is 32.2 Å². The minimum atomic E-state index is -4.52. The summed E-state index contributed by atoms with van der Waals surface area (Å²) in [6, 6.07) is 6.59. The lowest BCUT2D eigenvalue weighted by atomic mass is 10.1. The van der Waals surface area contributed by atoms with Crippen molar-refractivity contribution in [3.63, 3.8) is 0 Å². The van der Waals surface area contributed by atoms with Crippen molar-refractivity contribution in [3.05, 3.63) is 53.2 Å². The lowest BCUT2D eigenvalue weighted by molar-refractivity contribution is -0.137. The van der Waals surface area contributed by atoms with Crippen LogP contribution in [0.2, 0.25) is 0 Å². The number of nitrogens with zero attached hydrogens (tertiary/aromatic N) is 3. The lowest BCUT2D eigenvalue weighted by Gasteiger charge is -2.20. The van der Waals surface area contributed by atoms with Crippen LogP contribution in [0.25, 0.3) is 21.5 Å². The molecule has 0 radical (unpaired) electrons. The highest BCUT2D eigenvalue weighted by Gasteiger charge is 2.31. The van der Waals surface area contributed by atoms with Crippen LogP contribution in [-0.2, 0) is 12.7 Å². The molecule has 4 rings (SSSR count). The topological polar surface area (TPSA) is 95.8 Å². The molecular formula is C20H18F3N5O2S. The monoisotopic (exact) mass is 449 g/mol. The van der Waals surface area contributed by atoms with Gasteiger partial charge in [-0.25, -0.2) is 4.98 Å². The van der Waals surface area contributed by atoms with Crippen molar-refractivity contribution >= 4 is 34.2 Å². The fourth-order valence-corrected chi connectivity index (χ4v) is 3.99. The predicted octanol–water partition coefficient (Wildman–Crippen LogP) is 4.53. The minimum Gasteiger partial charge on any atom is -0.389 e. The molecule has 3 N–H and O–H groups in total. The molecule has 0 aliphatic heterocycles. The zero-order valence-corrected chi connectivity index (χ0v) is 17.3. The van der Waals surface area contributed by atoms with Gasteiger partial charge >= 0.3 is 6.18 Å². The van der Waals surface area contributed by atoms with E-state index in [1.54, 1.807) is 38.4 Å². The van der Waals surface area contributed by atoms with Crippen LogP contribution in [0.3, 0.4) is 0 Å². The van der Waals surface area contributed by atoms with E-state index < -0.39 is 23.2 Å². The van der Waals surface area contributed by atoms with E-state index in [2.05, 4.69) is 20.5 Å². The Morgan fingerprint density at radius 2 is 2.03 bits per heavy atom. The molecule has 0 unspecified atom stereocenters. The molecule has 31 heavy (non-hydrogen) atoms. The quantitative estimate of drug-likeness (QED) is 0.417. The van der Waals surface area contributed by atoms with Crippen LogP contribution in [0.1, 0.15) is 29.1 Å². The second-order valence-corrected chi connectivity index (χ2v) is 8.72. The van der Waals surface area contributed by atoms with E-state index in [1.807, 2.05) is 0 Å². The SMILES string of the molecule is CC(C)(O)Cn1c(NC(=O)c2ccc(-c3cn[nH]c3)s2)nc2cc(C(F)(F)F)ccc21. The summed E-state index contributed by atoms with van der Waals surface area (Å²) in [4.78, 5) is 18.2. The number of aromatic nitrogens is 4. The Morgan fingerprint density at radius 1 is 1.26 bits per heavy atom. The molecule has 11 heteroatoms. The van der Waals surface area contributed by atoms with Crippen molar-refractivity contribution in [3.8, 4) is 10.4 Å². The summed E-state index contributed by atoms with van der Waals surface area (Å²) in [6.07, 6.45) is -1.18. The van der Waals surface area contributed by atoms with Crippen LogP contribution in [0.4, 0.5) is 19.1 Å². The normalized spacial score (nSPS) is 12.5. The Labute approximate surface area is 178 Å². The van der Waals surface area contributed by atoms with Gasteiger partial charge in [-0.15, -0.1) is 11.3 Å². The maximum atomic E-state index is 13.1. The first-order chi connectivity index (χ1) is 14.5. The van der Waals surface area contributed by atoms with Gasteiger partial charge in [-0.1, -0.05) is 0 Å². The Balaban J connectivity index is 1.70. The van der Waals surface area contributed by atoms with Crippen LogP contribution in [0, 0.1) is 0 Å². The van der Waals surface area contributed by atoms with E-state index in [0.717, 1.165) is 22.6 Å². The molecule has 1 aromatic carbocycles. The van der Waals surface area contributed by atoms with Crippen molar-refractivity contribution in [1.82, 2.24) is 19.7 Å². The molecular weight excluding hydrogens is 431 g/mol. The van der Waals surface area contributed by atoms with Crippen LogP contribution < -0.4 is 5.32 Å². The fourth-order valence-electron chi connectivity index (χ4n) is 3.11. The Bertz CT molecular complexity index is 1240. The first kappa shape index (κ1) is 21.1. The molecule has 0 aliphatic carbocycles. The molecule has 1 amide bonds. The second-order valence-electron chi connectivity index (χ2n) is 7.64. The highest BCUT2D eigenvalue weighted by atomic mass is 32.1. The van der Waals surface area contributed by atoms with E-state index in [0.29, 0.717) is 10.4 Å². The van der Waals surface area contributed by atoms with E-state index in [-0.39, 0.29) is 18.0 Å². The molecule has 0 fully saturated rings. The van der Waals surface area contributed by atoms with Crippen molar-refractivity contribution in [2.24, 2.45) is 0 Å². The van der Waals surface area contributed by atoms with Gasteiger partial charge in [0.1, 0.15) is 0 Å². The number of aliphatic hydroxyl groups is 1.